The van der Waals surface area contributed by atoms with Crippen molar-refractivity contribution in [3.05, 3.63) is 23.5 Å². The number of carbonyl (C=O) groups is 1. The van der Waals surface area contributed by atoms with Gasteiger partial charge in [-0.2, -0.15) is 0 Å². The van der Waals surface area contributed by atoms with E-state index in [1.807, 2.05) is 6.92 Å². The molecule has 0 amide bonds. The predicted molar refractivity (Wildman–Crippen MR) is 56.6 cm³/mol. The van der Waals surface area contributed by atoms with E-state index >= 15 is 0 Å². The lowest BCUT2D eigenvalue weighted by Crippen LogP contribution is -2.07. The van der Waals surface area contributed by atoms with Gasteiger partial charge in [0.25, 0.3) is 0 Å². The van der Waals surface area contributed by atoms with Gasteiger partial charge in [-0.25, -0.2) is 0 Å². The Balaban J connectivity index is 2.49. The smallest absolute Gasteiger partial charge is 0.307 e. The molecule has 0 aromatic rings. The van der Waals surface area contributed by atoms with Crippen LogP contribution >= 0.6 is 0 Å². The van der Waals surface area contributed by atoms with Crippen molar-refractivity contribution in [2.45, 2.75) is 40.0 Å². The first-order valence-electron chi connectivity index (χ1n) is 5.09. The van der Waals surface area contributed by atoms with E-state index in [9.17, 15) is 4.79 Å². The van der Waals surface area contributed by atoms with E-state index in [4.69, 9.17) is 4.74 Å². The van der Waals surface area contributed by atoms with Gasteiger partial charge in [-0.05, 0) is 44.6 Å². The number of carbonyl (C=O) groups excluding carboxylic acids is 1. The molecule has 14 heavy (non-hydrogen) atoms. The number of hydrogen-bond donors (Lipinski definition) is 0. The Bertz CT molecular complexity index is 274. The van der Waals surface area contributed by atoms with E-state index < -0.39 is 0 Å². The van der Waals surface area contributed by atoms with Crippen LogP contribution < -0.4 is 0 Å². The Morgan fingerprint density at radius 3 is 2.79 bits per heavy atom. The highest BCUT2D eigenvalue weighted by atomic mass is 16.5. The van der Waals surface area contributed by atoms with Crippen LogP contribution in [0.15, 0.2) is 23.5 Å². The maximum atomic E-state index is 10.6. The summed E-state index contributed by atoms with van der Waals surface area (Å²) in [6.07, 6.45) is 7.29. The van der Waals surface area contributed by atoms with Crippen LogP contribution in [0, 0.1) is 5.92 Å². The highest BCUT2D eigenvalue weighted by molar-refractivity contribution is 5.66. The first kappa shape index (κ1) is 11.0. The second-order valence-electron chi connectivity index (χ2n) is 3.99. The van der Waals surface area contributed by atoms with Crippen LogP contribution in [0.1, 0.15) is 40.0 Å². The topological polar surface area (TPSA) is 26.3 Å². The molecule has 0 spiro atoms. The first-order valence-corrected chi connectivity index (χ1v) is 5.09. The number of rotatable bonds is 2. The zero-order chi connectivity index (χ0) is 10.6. The highest BCUT2D eigenvalue weighted by Crippen LogP contribution is 2.28. The summed E-state index contributed by atoms with van der Waals surface area (Å²) in [5.41, 5.74) is 2.64. The summed E-state index contributed by atoms with van der Waals surface area (Å²) in [6.45, 7) is 5.62. The van der Waals surface area contributed by atoms with Gasteiger partial charge >= 0.3 is 5.97 Å². The number of ether oxygens (including phenoxy) is 1. The van der Waals surface area contributed by atoms with Crippen molar-refractivity contribution in [2.75, 3.05) is 0 Å². The molecule has 1 aliphatic rings. The summed E-state index contributed by atoms with van der Waals surface area (Å²) in [7, 11) is 0. The Labute approximate surface area is 85.6 Å². The molecule has 0 aromatic heterocycles. The third-order valence-electron chi connectivity index (χ3n) is 2.69. The Morgan fingerprint density at radius 2 is 2.29 bits per heavy atom. The summed E-state index contributed by atoms with van der Waals surface area (Å²) in [4.78, 5) is 10.6. The predicted octanol–water partition coefficient (Wildman–Crippen LogP) is 3.20. The zero-order valence-corrected chi connectivity index (χ0v) is 9.17. The SMILES string of the molecule is CC(=O)O/C=C(/C)[C@@H]1CC=C(C)CC1. The largest absolute Gasteiger partial charge is 0.435 e. The van der Waals surface area contributed by atoms with Gasteiger partial charge < -0.3 is 4.74 Å². The van der Waals surface area contributed by atoms with E-state index in [1.54, 1.807) is 6.26 Å². The van der Waals surface area contributed by atoms with Crippen molar-refractivity contribution in [3.8, 4) is 0 Å². The first-order chi connectivity index (χ1) is 6.59. The molecule has 0 saturated heterocycles. The Kier molecular flexibility index (Phi) is 3.93. The summed E-state index contributed by atoms with van der Waals surface area (Å²) >= 11 is 0. The van der Waals surface area contributed by atoms with E-state index in [2.05, 4.69) is 13.0 Å². The molecule has 2 nitrogen and oxygen atoms in total. The van der Waals surface area contributed by atoms with E-state index in [0.717, 1.165) is 12.8 Å². The fourth-order valence-corrected chi connectivity index (χ4v) is 1.65. The number of esters is 1. The Morgan fingerprint density at radius 1 is 1.57 bits per heavy atom. The second-order valence-corrected chi connectivity index (χ2v) is 3.99. The molecule has 1 rings (SSSR count). The standard InChI is InChI=1S/C12H18O2/c1-9-4-6-12(7-5-9)10(2)8-14-11(3)13/h4,8,12H,5-7H2,1-3H3/b10-8-/t12-/m1/s1. The molecule has 0 fully saturated rings. The molecule has 78 valence electrons. The van der Waals surface area contributed by atoms with Gasteiger partial charge in [-0.1, -0.05) is 11.6 Å². The van der Waals surface area contributed by atoms with Crippen molar-refractivity contribution >= 4 is 5.97 Å². The van der Waals surface area contributed by atoms with Crippen molar-refractivity contribution in [2.24, 2.45) is 5.92 Å². The molecule has 0 N–H and O–H groups in total. The van der Waals surface area contributed by atoms with Gasteiger partial charge in [-0.3, -0.25) is 4.79 Å². The summed E-state index contributed by atoms with van der Waals surface area (Å²) < 4.78 is 4.86. The molecule has 0 heterocycles. The third-order valence-corrected chi connectivity index (χ3v) is 2.69. The minimum Gasteiger partial charge on any atom is -0.435 e. The highest BCUT2D eigenvalue weighted by Gasteiger charge is 2.14. The molecule has 0 aliphatic heterocycles. The minimum atomic E-state index is -0.244. The lowest BCUT2D eigenvalue weighted by atomic mass is 9.86. The van der Waals surface area contributed by atoms with Crippen LogP contribution in [0.2, 0.25) is 0 Å². The van der Waals surface area contributed by atoms with Gasteiger partial charge in [0.05, 0.1) is 6.26 Å². The third kappa shape index (κ3) is 3.36. The normalized spacial score (nSPS) is 22.9. The summed E-state index contributed by atoms with van der Waals surface area (Å²) in [6, 6.07) is 0. The van der Waals surface area contributed by atoms with Gasteiger partial charge in [0.1, 0.15) is 0 Å². The second kappa shape index (κ2) is 4.99. The average Bonchev–Trinajstić information content (AvgIpc) is 2.15. The van der Waals surface area contributed by atoms with E-state index in [1.165, 1.54) is 24.5 Å². The van der Waals surface area contributed by atoms with Crippen LogP contribution in [-0.4, -0.2) is 5.97 Å². The molecule has 1 atom stereocenters. The monoisotopic (exact) mass is 194 g/mol. The van der Waals surface area contributed by atoms with Gasteiger partial charge in [0.2, 0.25) is 0 Å². The molecule has 0 unspecified atom stereocenters. The van der Waals surface area contributed by atoms with Crippen LogP contribution in [-0.2, 0) is 9.53 Å². The average molecular weight is 194 g/mol. The maximum Gasteiger partial charge on any atom is 0.307 e. The summed E-state index contributed by atoms with van der Waals surface area (Å²) in [5.74, 6) is 0.310. The molecule has 1 aliphatic carbocycles. The Hall–Kier alpha value is -1.05. The minimum absolute atomic E-state index is 0.244. The quantitative estimate of drug-likeness (QED) is 0.383. The molecular weight excluding hydrogens is 176 g/mol. The van der Waals surface area contributed by atoms with Crippen LogP contribution in [0.3, 0.4) is 0 Å². The van der Waals surface area contributed by atoms with Crippen molar-refractivity contribution < 1.29 is 9.53 Å². The molecule has 0 bridgehead atoms. The number of allylic oxidation sites excluding steroid dienone is 3. The van der Waals surface area contributed by atoms with Crippen molar-refractivity contribution in [3.63, 3.8) is 0 Å². The van der Waals surface area contributed by atoms with Crippen molar-refractivity contribution in [1.82, 2.24) is 0 Å². The molecule has 0 saturated carbocycles. The molecule has 2 heteroatoms. The van der Waals surface area contributed by atoms with E-state index in [0.29, 0.717) is 5.92 Å². The molecule has 0 aromatic carbocycles. The van der Waals surface area contributed by atoms with Crippen LogP contribution in [0.4, 0.5) is 0 Å². The lowest BCUT2D eigenvalue weighted by molar-refractivity contribution is -0.135. The van der Waals surface area contributed by atoms with Gasteiger partial charge in [-0.15, -0.1) is 0 Å². The fourth-order valence-electron chi connectivity index (χ4n) is 1.65. The van der Waals surface area contributed by atoms with E-state index in [-0.39, 0.29) is 5.97 Å². The molecule has 0 radical (unpaired) electrons. The van der Waals surface area contributed by atoms with Gasteiger partial charge in [0.15, 0.2) is 0 Å². The maximum absolute atomic E-state index is 10.6. The zero-order valence-electron chi connectivity index (χ0n) is 9.17. The van der Waals surface area contributed by atoms with Crippen molar-refractivity contribution in [1.29, 1.82) is 0 Å². The molecular formula is C12H18O2. The van der Waals surface area contributed by atoms with Crippen LogP contribution in [0.25, 0.3) is 0 Å². The van der Waals surface area contributed by atoms with Gasteiger partial charge in [0, 0.05) is 6.92 Å². The lowest BCUT2D eigenvalue weighted by Gasteiger charge is -2.20. The summed E-state index contributed by atoms with van der Waals surface area (Å²) in [5, 5.41) is 0. The fraction of sp³-hybridized carbons (Fsp3) is 0.583. The number of hydrogen-bond acceptors (Lipinski definition) is 2. The van der Waals surface area contributed by atoms with Crippen LogP contribution in [0.5, 0.6) is 0 Å².